The topological polar surface area (TPSA) is 125 Å². The highest BCUT2D eigenvalue weighted by Crippen LogP contribution is 2.44. The van der Waals surface area contributed by atoms with Crippen molar-refractivity contribution in [2.24, 2.45) is 5.92 Å². The van der Waals surface area contributed by atoms with E-state index in [1.165, 1.54) is 18.1 Å². The molecule has 2 unspecified atom stereocenters. The van der Waals surface area contributed by atoms with Gasteiger partial charge < -0.3 is 14.2 Å². The number of halogens is 2. The zero-order valence-electron chi connectivity index (χ0n) is 35.7. The molecule has 324 valence electrons. The average Bonchev–Trinajstić information content (AvgIpc) is 3.59. The molecule has 1 aliphatic heterocycles. The van der Waals surface area contributed by atoms with E-state index in [2.05, 4.69) is 54.7 Å². The van der Waals surface area contributed by atoms with Gasteiger partial charge in [0.15, 0.2) is 0 Å². The first-order valence-electron chi connectivity index (χ1n) is 22.3. The number of nitrogens with one attached hydrogen (secondary N) is 1. The van der Waals surface area contributed by atoms with E-state index in [0.29, 0.717) is 71.7 Å². The maximum atomic E-state index is 13.8. The molecule has 4 aromatic carbocycles. The van der Waals surface area contributed by atoms with Gasteiger partial charge in [0.2, 0.25) is 11.8 Å². The van der Waals surface area contributed by atoms with Gasteiger partial charge in [0.05, 0.1) is 41.4 Å². The summed E-state index contributed by atoms with van der Waals surface area (Å²) in [7, 11) is 0. The number of alkyl halides is 1. The number of nitrogens with zero attached hydrogens (tertiary/aromatic N) is 3. The number of hydrogen-bond donors (Lipinski definition) is 1. The van der Waals surface area contributed by atoms with E-state index in [1.807, 2.05) is 17.0 Å². The van der Waals surface area contributed by atoms with Crippen LogP contribution in [0.1, 0.15) is 129 Å². The monoisotopic (exact) mass is 858 g/mol. The Bertz CT molecular complexity index is 2290. The van der Waals surface area contributed by atoms with Crippen LogP contribution < -0.4 is 19.5 Å². The first-order valence-corrected chi connectivity index (χ1v) is 22.6. The smallest absolute Gasteiger partial charge is 0.240 e. The van der Waals surface area contributed by atoms with Crippen molar-refractivity contribution in [3.8, 4) is 40.5 Å². The number of carbonyl (C=O) groups excluding carboxylic acids is 2. The van der Waals surface area contributed by atoms with Crippen molar-refractivity contribution in [1.82, 2.24) is 10.2 Å². The molecular formula is C51H56ClFN4O5. The summed E-state index contributed by atoms with van der Waals surface area (Å²) in [6.07, 6.45) is 11.5. The van der Waals surface area contributed by atoms with Gasteiger partial charge in [-0.2, -0.15) is 10.5 Å². The second kappa shape index (κ2) is 21.6. The number of rotatable bonds is 15. The van der Waals surface area contributed by atoms with Crippen LogP contribution in [0.15, 0.2) is 66.7 Å². The van der Waals surface area contributed by atoms with E-state index in [0.717, 1.165) is 104 Å². The fourth-order valence-electron chi connectivity index (χ4n) is 9.25. The third kappa shape index (κ3) is 11.7. The lowest BCUT2D eigenvalue weighted by Gasteiger charge is -2.24. The summed E-state index contributed by atoms with van der Waals surface area (Å²) >= 11 is 7.01. The number of benzene rings is 4. The Balaban J connectivity index is 1.06. The number of unbranched alkanes of at least 4 members (excludes halogenated alkanes) is 2. The molecule has 1 saturated heterocycles. The largest absolute Gasteiger partial charge is 0.493 e. The van der Waals surface area contributed by atoms with Crippen LogP contribution in [0.4, 0.5) is 4.39 Å². The average molecular weight is 859 g/mol. The number of carbonyl (C=O) groups is 2. The molecule has 0 radical (unpaired) electrons. The van der Waals surface area contributed by atoms with E-state index >= 15 is 0 Å². The predicted molar refractivity (Wildman–Crippen MR) is 238 cm³/mol. The first-order chi connectivity index (χ1) is 30.2. The van der Waals surface area contributed by atoms with Crippen molar-refractivity contribution in [2.45, 2.75) is 122 Å². The number of amides is 2. The van der Waals surface area contributed by atoms with Gasteiger partial charge in [-0.25, -0.2) is 4.39 Å². The van der Waals surface area contributed by atoms with Gasteiger partial charge in [-0.3, -0.25) is 19.8 Å². The highest BCUT2D eigenvalue weighted by Gasteiger charge is 2.29. The van der Waals surface area contributed by atoms with Crippen molar-refractivity contribution in [1.29, 1.82) is 10.5 Å². The quantitative estimate of drug-likeness (QED) is 0.0712. The van der Waals surface area contributed by atoms with Crippen LogP contribution in [-0.2, 0) is 29.2 Å². The molecule has 0 spiro atoms. The molecule has 1 saturated carbocycles. The minimum Gasteiger partial charge on any atom is -0.493 e. The lowest BCUT2D eigenvalue weighted by atomic mass is 9.93. The summed E-state index contributed by atoms with van der Waals surface area (Å²) in [5.74, 6) is 1.89. The Morgan fingerprint density at radius 3 is 2.44 bits per heavy atom. The van der Waals surface area contributed by atoms with Crippen LogP contribution in [0, 0.1) is 35.5 Å². The Kier molecular flexibility index (Phi) is 15.5. The molecule has 62 heavy (non-hydrogen) atoms. The van der Waals surface area contributed by atoms with Crippen LogP contribution >= 0.6 is 11.6 Å². The molecule has 1 heterocycles. The predicted octanol–water partition coefficient (Wildman–Crippen LogP) is 11.2. The minimum absolute atomic E-state index is 0.0391. The maximum absolute atomic E-state index is 13.8. The summed E-state index contributed by atoms with van der Waals surface area (Å²) in [5, 5.41) is 22.0. The molecule has 2 fully saturated rings. The van der Waals surface area contributed by atoms with Crippen LogP contribution in [0.25, 0.3) is 11.1 Å². The number of imide groups is 1. The van der Waals surface area contributed by atoms with E-state index < -0.39 is 6.17 Å². The number of fused-ring (bicyclic) bond motifs is 1. The summed E-state index contributed by atoms with van der Waals surface area (Å²) in [5.41, 5.74) is 7.84. The molecule has 7 rings (SSSR count). The summed E-state index contributed by atoms with van der Waals surface area (Å²) in [6, 6.07) is 25.4. The van der Waals surface area contributed by atoms with Gasteiger partial charge in [-0.1, -0.05) is 74.0 Å². The zero-order chi connectivity index (χ0) is 43.4. The minimum atomic E-state index is -0.605. The van der Waals surface area contributed by atoms with Crippen LogP contribution in [-0.4, -0.2) is 42.6 Å². The normalized spacial score (nSPS) is 19.5. The van der Waals surface area contributed by atoms with Crippen LogP contribution in [0.3, 0.4) is 0 Å². The number of nitriles is 2. The molecule has 4 aromatic rings. The molecule has 0 aromatic heterocycles. The highest BCUT2D eigenvalue weighted by molar-refractivity contribution is 6.32. The van der Waals surface area contributed by atoms with E-state index in [9.17, 15) is 24.5 Å². The van der Waals surface area contributed by atoms with Crippen molar-refractivity contribution in [2.75, 3.05) is 19.7 Å². The van der Waals surface area contributed by atoms with Gasteiger partial charge in [0, 0.05) is 24.6 Å². The molecule has 2 aliphatic carbocycles. The molecule has 11 heteroatoms. The number of ether oxygens (including phenoxy) is 3. The molecule has 9 nitrogen and oxygen atoms in total. The fraction of sp³-hybridized carbons (Fsp3) is 0.451. The Hall–Kier alpha value is -5.42. The highest BCUT2D eigenvalue weighted by atomic mass is 35.5. The maximum Gasteiger partial charge on any atom is 0.240 e. The Morgan fingerprint density at radius 1 is 0.806 bits per heavy atom. The van der Waals surface area contributed by atoms with Gasteiger partial charge in [-0.15, -0.1) is 0 Å². The third-order valence-corrected chi connectivity index (χ3v) is 12.8. The van der Waals surface area contributed by atoms with E-state index in [-0.39, 0.29) is 31.1 Å². The fourth-order valence-corrected chi connectivity index (χ4v) is 9.48. The van der Waals surface area contributed by atoms with Gasteiger partial charge in [-0.05, 0) is 134 Å². The van der Waals surface area contributed by atoms with Gasteiger partial charge in [0.1, 0.15) is 36.1 Å². The lowest BCUT2D eigenvalue weighted by molar-refractivity contribution is -0.130. The van der Waals surface area contributed by atoms with Crippen LogP contribution in [0.2, 0.25) is 5.02 Å². The molecule has 3 aliphatic rings. The molecule has 0 bridgehead atoms. The number of hydrogen-bond acceptors (Lipinski definition) is 8. The lowest BCUT2D eigenvalue weighted by Crippen LogP contribution is -2.38. The van der Waals surface area contributed by atoms with E-state index in [4.69, 9.17) is 25.8 Å². The molecule has 2 amide bonds. The van der Waals surface area contributed by atoms with Gasteiger partial charge in [0.25, 0.3) is 0 Å². The van der Waals surface area contributed by atoms with E-state index in [1.54, 1.807) is 18.2 Å². The summed E-state index contributed by atoms with van der Waals surface area (Å²) < 4.78 is 33.3. The van der Waals surface area contributed by atoms with Gasteiger partial charge >= 0.3 is 0 Å². The van der Waals surface area contributed by atoms with Crippen LogP contribution in [0.5, 0.6) is 17.2 Å². The second-order valence-electron chi connectivity index (χ2n) is 17.1. The van der Waals surface area contributed by atoms with Crippen molar-refractivity contribution in [3.05, 3.63) is 111 Å². The molecular weight excluding hydrogens is 803 g/mol. The standard InChI is InChI=1S/C51H56ClFN4O5/c1-34-41(13-9-16-46(34)60-23-6-2-3-10-35-11-7-12-40(53)19-18-35)42-14-8-15-44-43(42)20-21-47(44)62-49-28-48(61-33-38-25-36(29-54)24-37(26-38)30-55)39(27-45(49)52)31-57-22-5-4-17-50(58)56-51(59)32-57/h8-9,13-16,24-28,35,40,47H,2-7,10-12,17-23,31-33H2,1H3,(H,56,58,59)/t35?,40?,47-/m0/s1. The van der Waals surface area contributed by atoms with Crippen molar-refractivity contribution >= 4 is 23.4 Å². The summed E-state index contributed by atoms with van der Waals surface area (Å²) in [6.45, 7) is 3.84. The molecule has 1 N–H and O–H groups in total. The zero-order valence-corrected chi connectivity index (χ0v) is 36.4. The second-order valence-corrected chi connectivity index (χ2v) is 17.5. The SMILES string of the molecule is Cc1c(OCCCCCC2CCCC(F)CC2)cccc1-c1cccc2c1CC[C@@H]2Oc1cc(OCc2cc(C#N)cc(C#N)c2)c(CN2CCCCC(=O)NC(=O)C2)cc1Cl. The van der Waals surface area contributed by atoms with Crippen molar-refractivity contribution < 1.29 is 28.2 Å². The summed E-state index contributed by atoms with van der Waals surface area (Å²) in [4.78, 5) is 26.8. The first kappa shape index (κ1) is 44.6. The molecule has 3 atom stereocenters. The Labute approximate surface area is 370 Å². The third-order valence-electron chi connectivity index (χ3n) is 12.5. The Morgan fingerprint density at radius 2 is 1.61 bits per heavy atom. The van der Waals surface area contributed by atoms with Crippen molar-refractivity contribution in [3.63, 3.8) is 0 Å².